The van der Waals surface area contributed by atoms with Gasteiger partial charge in [0.25, 0.3) is 0 Å². The molecule has 0 amide bonds. The summed E-state index contributed by atoms with van der Waals surface area (Å²) in [7, 11) is 3.18. The van der Waals surface area contributed by atoms with Gasteiger partial charge in [0.2, 0.25) is 0 Å². The molecule has 0 radical (unpaired) electrons. The molecule has 2 aromatic rings. The fourth-order valence-corrected chi connectivity index (χ4v) is 2.12. The minimum Gasteiger partial charge on any atom is -0.508 e. The number of phenolic OH excluding ortho intramolecular Hbond substituents is 2. The SMILES string of the molecule is COc1cc(NC(C)c2ccc(O)cc2O)cc(OC)c1. The quantitative estimate of drug-likeness (QED) is 0.788. The van der Waals surface area contributed by atoms with E-state index >= 15 is 0 Å². The van der Waals surface area contributed by atoms with Gasteiger partial charge in [-0.2, -0.15) is 0 Å². The van der Waals surface area contributed by atoms with Crippen LogP contribution in [0.15, 0.2) is 36.4 Å². The fourth-order valence-electron chi connectivity index (χ4n) is 2.12. The van der Waals surface area contributed by atoms with Gasteiger partial charge in [0.1, 0.15) is 23.0 Å². The third-order valence-corrected chi connectivity index (χ3v) is 3.22. The number of phenols is 2. The Hall–Kier alpha value is -2.56. The van der Waals surface area contributed by atoms with Gasteiger partial charge in [0.05, 0.1) is 20.3 Å². The van der Waals surface area contributed by atoms with Crippen LogP contribution >= 0.6 is 0 Å². The second-order valence-electron chi connectivity index (χ2n) is 4.71. The van der Waals surface area contributed by atoms with Crippen molar-refractivity contribution in [3.63, 3.8) is 0 Å². The smallest absolute Gasteiger partial charge is 0.124 e. The van der Waals surface area contributed by atoms with E-state index in [-0.39, 0.29) is 17.5 Å². The highest BCUT2D eigenvalue weighted by Gasteiger charge is 2.12. The van der Waals surface area contributed by atoms with Crippen LogP contribution in [0.2, 0.25) is 0 Å². The largest absolute Gasteiger partial charge is 0.508 e. The third-order valence-electron chi connectivity index (χ3n) is 3.22. The number of rotatable bonds is 5. The number of nitrogens with one attached hydrogen (secondary N) is 1. The molecular weight excluding hydrogens is 270 g/mol. The Morgan fingerprint density at radius 3 is 2.10 bits per heavy atom. The van der Waals surface area contributed by atoms with Crippen molar-refractivity contribution in [2.24, 2.45) is 0 Å². The van der Waals surface area contributed by atoms with Crippen LogP contribution in [0, 0.1) is 0 Å². The maximum absolute atomic E-state index is 9.89. The average Bonchev–Trinajstić information content (AvgIpc) is 2.46. The number of ether oxygens (including phenoxy) is 2. The topological polar surface area (TPSA) is 71.0 Å². The van der Waals surface area contributed by atoms with Gasteiger partial charge in [-0.1, -0.05) is 0 Å². The number of hydrogen-bond donors (Lipinski definition) is 3. The Kier molecular flexibility index (Phi) is 4.42. The summed E-state index contributed by atoms with van der Waals surface area (Å²) in [5.41, 5.74) is 1.50. The Morgan fingerprint density at radius 2 is 1.57 bits per heavy atom. The first kappa shape index (κ1) is 14.8. The molecule has 5 heteroatoms. The number of hydrogen-bond acceptors (Lipinski definition) is 5. The van der Waals surface area contributed by atoms with Gasteiger partial charge in [0.15, 0.2) is 0 Å². The van der Waals surface area contributed by atoms with E-state index < -0.39 is 0 Å². The van der Waals surface area contributed by atoms with Gasteiger partial charge in [-0.25, -0.2) is 0 Å². The first-order valence-electron chi connectivity index (χ1n) is 6.55. The number of aromatic hydroxyl groups is 2. The summed E-state index contributed by atoms with van der Waals surface area (Å²) in [6, 6.07) is 9.86. The second kappa shape index (κ2) is 6.26. The van der Waals surface area contributed by atoms with Crippen LogP contribution in [0.3, 0.4) is 0 Å². The standard InChI is InChI=1S/C16H19NO4/c1-10(15-5-4-12(18)8-16(15)19)17-11-6-13(20-2)9-14(7-11)21-3/h4-10,17-19H,1-3H3. The zero-order valence-electron chi connectivity index (χ0n) is 12.3. The normalized spacial score (nSPS) is 11.8. The van der Waals surface area contributed by atoms with Crippen LogP contribution in [0.5, 0.6) is 23.0 Å². The summed E-state index contributed by atoms with van der Waals surface area (Å²) < 4.78 is 10.4. The molecule has 0 saturated carbocycles. The lowest BCUT2D eigenvalue weighted by Crippen LogP contribution is -2.07. The molecule has 21 heavy (non-hydrogen) atoms. The van der Waals surface area contributed by atoms with Gasteiger partial charge in [-0.05, 0) is 19.1 Å². The molecule has 1 atom stereocenters. The zero-order valence-corrected chi connectivity index (χ0v) is 12.3. The monoisotopic (exact) mass is 289 g/mol. The van der Waals surface area contributed by atoms with Gasteiger partial charge >= 0.3 is 0 Å². The lowest BCUT2D eigenvalue weighted by Gasteiger charge is -2.18. The van der Waals surface area contributed by atoms with E-state index in [2.05, 4.69) is 5.32 Å². The Morgan fingerprint density at radius 1 is 0.952 bits per heavy atom. The van der Waals surface area contributed by atoms with Crippen LogP contribution in [-0.4, -0.2) is 24.4 Å². The van der Waals surface area contributed by atoms with Crippen molar-refractivity contribution in [2.45, 2.75) is 13.0 Å². The van der Waals surface area contributed by atoms with E-state index in [4.69, 9.17) is 9.47 Å². The van der Waals surface area contributed by atoms with E-state index in [1.165, 1.54) is 6.07 Å². The Bertz CT molecular complexity index is 605. The number of anilines is 1. The maximum Gasteiger partial charge on any atom is 0.124 e. The molecular formula is C16H19NO4. The summed E-state index contributed by atoms with van der Waals surface area (Å²) in [6.45, 7) is 1.91. The van der Waals surface area contributed by atoms with Crippen molar-refractivity contribution < 1.29 is 19.7 Å². The first-order chi connectivity index (χ1) is 10.0. The molecule has 0 saturated heterocycles. The molecule has 3 N–H and O–H groups in total. The van der Waals surface area contributed by atoms with Gasteiger partial charge in [-0.3, -0.25) is 0 Å². The van der Waals surface area contributed by atoms with Crippen molar-refractivity contribution >= 4 is 5.69 Å². The minimum absolute atomic E-state index is 0.0338. The summed E-state index contributed by atoms with van der Waals surface area (Å²) >= 11 is 0. The van der Waals surface area contributed by atoms with E-state index in [9.17, 15) is 10.2 Å². The highest BCUT2D eigenvalue weighted by Crippen LogP contribution is 2.32. The molecule has 0 aliphatic carbocycles. The molecule has 0 fully saturated rings. The molecule has 2 aromatic carbocycles. The lowest BCUT2D eigenvalue weighted by molar-refractivity contribution is 0.394. The van der Waals surface area contributed by atoms with Gasteiger partial charge in [0, 0.05) is 35.5 Å². The third kappa shape index (κ3) is 3.51. The fraction of sp³-hybridized carbons (Fsp3) is 0.250. The van der Waals surface area contributed by atoms with Crippen LogP contribution in [-0.2, 0) is 0 Å². The highest BCUT2D eigenvalue weighted by molar-refractivity contribution is 5.55. The lowest BCUT2D eigenvalue weighted by atomic mass is 10.1. The molecule has 0 aromatic heterocycles. The Balaban J connectivity index is 2.24. The molecule has 0 spiro atoms. The van der Waals surface area contributed by atoms with Crippen LogP contribution < -0.4 is 14.8 Å². The van der Waals surface area contributed by atoms with Crippen LogP contribution in [0.25, 0.3) is 0 Å². The summed E-state index contributed by atoms with van der Waals surface area (Å²) in [5, 5.41) is 22.5. The van der Waals surface area contributed by atoms with E-state index in [1.807, 2.05) is 19.1 Å². The maximum atomic E-state index is 9.89. The number of benzene rings is 2. The molecule has 1 unspecified atom stereocenters. The molecule has 112 valence electrons. The highest BCUT2D eigenvalue weighted by atomic mass is 16.5. The Labute approximate surface area is 123 Å². The predicted molar refractivity (Wildman–Crippen MR) is 81.4 cm³/mol. The van der Waals surface area contributed by atoms with E-state index in [1.54, 1.807) is 32.4 Å². The molecule has 0 aliphatic heterocycles. The van der Waals surface area contributed by atoms with Gasteiger partial charge in [-0.15, -0.1) is 0 Å². The zero-order chi connectivity index (χ0) is 15.4. The van der Waals surface area contributed by atoms with E-state index in [0.717, 1.165) is 5.69 Å². The van der Waals surface area contributed by atoms with E-state index in [0.29, 0.717) is 17.1 Å². The van der Waals surface area contributed by atoms with Crippen molar-refractivity contribution in [1.82, 2.24) is 0 Å². The van der Waals surface area contributed by atoms with Crippen LogP contribution in [0.4, 0.5) is 5.69 Å². The van der Waals surface area contributed by atoms with Crippen molar-refractivity contribution in [3.8, 4) is 23.0 Å². The second-order valence-corrected chi connectivity index (χ2v) is 4.71. The average molecular weight is 289 g/mol. The summed E-state index contributed by atoms with van der Waals surface area (Å²) in [5.74, 6) is 1.44. The molecule has 0 bridgehead atoms. The molecule has 0 heterocycles. The first-order valence-corrected chi connectivity index (χ1v) is 6.55. The van der Waals surface area contributed by atoms with Crippen molar-refractivity contribution in [2.75, 3.05) is 19.5 Å². The summed E-state index contributed by atoms with van der Waals surface area (Å²) in [4.78, 5) is 0. The van der Waals surface area contributed by atoms with Crippen molar-refractivity contribution in [3.05, 3.63) is 42.0 Å². The number of methoxy groups -OCH3 is 2. The molecule has 0 aliphatic rings. The molecule has 5 nitrogen and oxygen atoms in total. The van der Waals surface area contributed by atoms with Crippen LogP contribution in [0.1, 0.15) is 18.5 Å². The van der Waals surface area contributed by atoms with Crippen molar-refractivity contribution in [1.29, 1.82) is 0 Å². The van der Waals surface area contributed by atoms with Gasteiger partial charge < -0.3 is 25.0 Å². The predicted octanol–water partition coefficient (Wildman–Crippen LogP) is 3.29. The molecule has 2 rings (SSSR count). The summed E-state index contributed by atoms with van der Waals surface area (Å²) in [6.07, 6.45) is 0. The minimum atomic E-state index is -0.151.